The summed E-state index contributed by atoms with van der Waals surface area (Å²) >= 11 is 0. The molecule has 1 atom stereocenters. The molecule has 1 saturated heterocycles. The smallest absolute Gasteiger partial charge is 0.330 e. The first-order valence-corrected chi connectivity index (χ1v) is 3.86. The lowest BCUT2D eigenvalue weighted by Crippen LogP contribution is -2.36. The fourth-order valence-corrected chi connectivity index (χ4v) is 1.13. The molecular formula is C8H13NO2. The normalized spacial score (nSPS) is 24.2. The zero-order valence-corrected chi connectivity index (χ0v) is 6.51. The predicted molar refractivity (Wildman–Crippen MR) is 42.2 cm³/mol. The number of carbonyl (C=O) groups is 1. The largest absolute Gasteiger partial charge is 0.458 e. The van der Waals surface area contributed by atoms with Crippen molar-refractivity contribution < 1.29 is 9.53 Å². The number of ether oxygens (including phenoxy) is 1. The minimum Gasteiger partial charge on any atom is -0.458 e. The molecule has 0 aromatic heterocycles. The summed E-state index contributed by atoms with van der Waals surface area (Å²) in [6, 6.07) is 0. The Morgan fingerprint density at radius 2 is 2.55 bits per heavy atom. The van der Waals surface area contributed by atoms with Crippen LogP contribution in [0.25, 0.3) is 0 Å². The lowest BCUT2D eigenvalue weighted by Gasteiger charge is -2.21. The van der Waals surface area contributed by atoms with Crippen LogP contribution in [-0.4, -0.2) is 25.2 Å². The van der Waals surface area contributed by atoms with Gasteiger partial charge in [0.15, 0.2) is 0 Å². The van der Waals surface area contributed by atoms with E-state index in [9.17, 15) is 4.79 Å². The fraction of sp³-hybridized carbons (Fsp3) is 0.625. The Kier molecular flexibility index (Phi) is 3.11. The maximum absolute atomic E-state index is 10.7. The molecular weight excluding hydrogens is 142 g/mol. The van der Waals surface area contributed by atoms with E-state index in [0.717, 1.165) is 25.9 Å². The van der Waals surface area contributed by atoms with Crippen molar-refractivity contribution in [2.24, 2.45) is 0 Å². The summed E-state index contributed by atoms with van der Waals surface area (Å²) in [7, 11) is 0. The highest BCUT2D eigenvalue weighted by atomic mass is 16.5. The molecule has 0 saturated carbocycles. The van der Waals surface area contributed by atoms with Crippen LogP contribution in [0.1, 0.15) is 12.8 Å². The Balaban J connectivity index is 2.24. The average molecular weight is 155 g/mol. The molecule has 3 nitrogen and oxygen atoms in total. The highest BCUT2D eigenvalue weighted by Gasteiger charge is 2.15. The van der Waals surface area contributed by atoms with Crippen LogP contribution in [0, 0.1) is 0 Å². The topological polar surface area (TPSA) is 38.3 Å². The highest BCUT2D eigenvalue weighted by molar-refractivity contribution is 5.81. The lowest BCUT2D eigenvalue weighted by atomic mass is 10.1. The minimum atomic E-state index is -0.321. The molecule has 1 aliphatic heterocycles. The third kappa shape index (κ3) is 2.72. The van der Waals surface area contributed by atoms with Crippen LogP contribution in [0.4, 0.5) is 0 Å². The third-order valence-electron chi connectivity index (χ3n) is 1.70. The standard InChI is InChI=1S/C8H13NO2/c1-2-8(10)11-7-4-3-5-9-6-7/h2,7,9H,1,3-6H2/t7-/m1/s1. The first-order chi connectivity index (χ1) is 5.33. The molecule has 0 spiro atoms. The number of rotatable bonds is 2. The lowest BCUT2D eigenvalue weighted by molar-refractivity contribution is -0.143. The van der Waals surface area contributed by atoms with E-state index in [2.05, 4.69) is 11.9 Å². The summed E-state index contributed by atoms with van der Waals surface area (Å²) in [4.78, 5) is 10.7. The monoisotopic (exact) mass is 155 g/mol. The molecule has 0 amide bonds. The van der Waals surface area contributed by atoms with Gasteiger partial charge in [-0.15, -0.1) is 0 Å². The van der Waals surface area contributed by atoms with Crippen LogP contribution in [-0.2, 0) is 9.53 Å². The Bertz CT molecular complexity index is 150. The SMILES string of the molecule is C=CC(=O)O[C@@H]1CCCNC1. The quantitative estimate of drug-likeness (QED) is 0.465. The second kappa shape index (κ2) is 4.13. The minimum absolute atomic E-state index is 0.0502. The zero-order chi connectivity index (χ0) is 8.10. The van der Waals surface area contributed by atoms with Crippen LogP contribution < -0.4 is 5.32 Å². The summed E-state index contributed by atoms with van der Waals surface area (Å²) in [5.74, 6) is -0.321. The van der Waals surface area contributed by atoms with Gasteiger partial charge in [-0.1, -0.05) is 6.58 Å². The summed E-state index contributed by atoms with van der Waals surface area (Å²) in [6.45, 7) is 5.14. The molecule has 1 fully saturated rings. The summed E-state index contributed by atoms with van der Waals surface area (Å²) in [6.07, 6.45) is 3.30. The maximum Gasteiger partial charge on any atom is 0.330 e. The Hall–Kier alpha value is -0.830. The van der Waals surface area contributed by atoms with E-state index in [4.69, 9.17) is 4.74 Å². The summed E-state index contributed by atoms with van der Waals surface area (Å²) in [5.41, 5.74) is 0. The van der Waals surface area contributed by atoms with Gasteiger partial charge in [0.05, 0.1) is 0 Å². The van der Waals surface area contributed by atoms with Gasteiger partial charge in [0.25, 0.3) is 0 Å². The molecule has 1 aliphatic rings. The molecule has 0 aromatic carbocycles. The second-order valence-corrected chi connectivity index (χ2v) is 2.61. The second-order valence-electron chi connectivity index (χ2n) is 2.61. The molecule has 1 N–H and O–H groups in total. The van der Waals surface area contributed by atoms with E-state index >= 15 is 0 Å². The van der Waals surface area contributed by atoms with Crippen LogP contribution in [0.2, 0.25) is 0 Å². The van der Waals surface area contributed by atoms with Crippen molar-refractivity contribution >= 4 is 5.97 Å². The number of esters is 1. The Morgan fingerprint density at radius 3 is 3.09 bits per heavy atom. The number of carbonyl (C=O) groups excluding carboxylic acids is 1. The maximum atomic E-state index is 10.7. The molecule has 0 aliphatic carbocycles. The molecule has 0 aromatic rings. The zero-order valence-electron chi connectivity index (χ0n) is 6.51. The number of hydrogen-bond donors (Lipinski definition) is 1. The first kappa shape index (κ1) is 8.27. The molecule has 1 rings (SSSR count). The number of nitrogens with one attached hydrogen (secondary N) is 1. The molecule has 0 unspecified atom stereocenters. The number of piperidine rings is 1. The fourth-order valence-electron chi connectivity index (χ4n) is 1.13. The van der Waals surface area contributed by atoms with Crippen molar-refractivity contribution in [1.82, 2.24) is 5.32 Å². The van der Waals surface area contributed by atoms with E-state index < -0.39 is 0 Å². The molecule has 62 valence electrons. The Morgan fingerprint density at radius 1 is 1.73 bits per heavy atom. The van der Waals surface area contributed by atoms with Gasteiger partial charge in [0.1, 0.15) is 6.10 Å². The van der Waals surface area contributed by atoms with Crippen LogP contribution in [0.15, 0.2) is 12.7 Å². The van der Waals surface area contributed by atoms with Crippen molar-refractivity contribution in [2.75, 3.05) is 13.1 Å². The van der Waals surface area contributed by atoms with E-state index in [-0.39, 0.29) is 12.1 Å². The highest BCUT2D eigenvalue weighted by Crippen LogP contribution is 2.05. The molecule has 1 heterocycles. The predicted octanol–water partition coefficient (Wildman–Crippen LogP) is 0.468. The van der Waals surface area contributed by atoms with Gasteiger partial charge in [-0.2, -0.15) is 0 Å². The summed E-state index contributed by atoms with van der Waals surface area (Å²) < 4.78 is 5.02. The number of hydrogen-bond acceptors (Lipinski definition) is 3. The summed E-state index contributed by atoms with van der Waals surface area (Å²) in [5, 5.41) is 3.15. The van der Waals surface area contributed by atoms with E-state index in [1.807, 2.05) is 0 Å². The van der Waals surface area contributed by atoms with Crippen molar-refractivity contribution in [2.45, 2.75) is 18.9 Å². The Labute approximate surface area is 66.4 Å². The molecule has 3 heteroatoms. The van der Waals surface area contributed by atoms with E-state index in [1.54, 1.807) is 0 Å². The van der Waals surface area contributed by atoms with Crippen LogP contribution in [0.5, 0.6) is 0 Å². The average Bonchev–Trinajstić information content (AvgIpc) is 2.06. The third-order valence-corrected chi connectivity index (χ3v) is 1.70. The van der Waals surface area contributed by atoms with Crippen molar-refractivity contribution in [3.8, 4) is 0 Å². The molecule has 0 bridgehead atoms. The van der Waals surface area contributed by atoms with Gasteiger partial charge < -0.3 is 10.1 Å². The van der Waals surface area contributed by atoms with Gasteiger partial charge >= 0.3 is 5.97 Å². The van der Waals surface area contributed by atoms with Crippen LogP contribution >= 0.6 is 0 Å². The molecule has 0 radical (unpaired) electrons. The van der Waals surface area contributed by atoms with Crippen molar-refractivity contribution in [3.05, 3.63) is 12.7 Å². The van der Waals surface area contributed by atoms with E-state index in [0.29, 0.717) is 0 Å². The van der Waals surface area contributed by atoms with Crippen molar-refractivity contribution in [3.63, 3.8) is 0 Å². The van der Waals surface area contributed by atoms with Gasteiger partial charge in [0, 0.05) is 12.6 Å². The molecule has 11 heavy (non-hydrogen) atoms. The first-order valence-electron chi connectivity index (χ1n) is 3.86. The van der Waals surface area contributed by atoms with Gasteiger partial charge in [-0.25, -0.2) is 4.79 Å². The van der Waals surface area contributed by atoms with E-state index in [1.165, 1.54) is 6.08 Å². The van der Waals surface area contributed by atoms with Gasteiger partial charge in [-0.05, 0) is 19.4 Å². The van der Waals surface area contributed by atoms with Gasteiger partial charge in [-0.3, -0.25) is 0 Å². The van der Waals surface area contributed by atoms with Crippen LogP contribution in [0.3, 0.4) is 0 Å². The van der Waals surface area contributed by atoms with Crippen molar-refractivity contribution in [1.29, 1.82) is 0 Å². The van der Waals surface area contributed by atoms with Gasteiger partial charge in [0.2, 0.25) is 0 Å².